The lowest BCUT2D eigenvalue weighted by Gasteiger charge is -2.29. The topological polar surface area (TPSA) is 42.3 Å². The molecule has 0 saturated carbocycles. The molecule has 0 unspecified atom stereocenters. The van der Waals surface area contributed by atoms with Crippen LogP contribution in [0, 0.1) is 0 Å². The van der Waals surface area contributed by atoms with Crippen LogP contribution in [0.4, 0.5) is 5.69 Å². The number of rotatable bonds is 4. The van der Waals surface area contributed by atoms with Crippen LogP contribution in [-0.4, -0.2) is 36.0 Å². The minimum absolute atomic E-state index is 0.556. The summed E-state index contributed by atoms with van der Waals surface area (Å²) in [6.07, 6.45) is 3.80. The number of aromatic nitrogens is 2. The molecule has 3 rings (SSSR count). The normalized spacial score (nSPS) is 15.3. The summed E-state index contributed by atoms with van der Waals surface area (Å²) in [6.45, 7) is 4.80. The zero-order valence-electron chi connectivity index (χ0n) is 11.7. The molecule has 5 heteroatoms. The van der Waals surface area contributed by atoms with Gasteiger partial charge in [0.25, 0.3) is 0 Å². The van der Waals surface area contributed by atoms with Gasteiger partial charge >= 0.3 is 0 Å². The van der Waals surface area contributed by atoms with Crippen LogP contribution in [0.15, 0.2) is 36.7 Å². The summed E-state index contributed by atoms with van der Waals surface area (Å²) < 4.78 is 7.55. The molecule has 1 aliphatic heterocycles. The Balaban J connectivity index is 1.58. The van der Waals surface area contributed by atoms with Gasteiger partial charge in [0.2, 0.25) is 0 Å². The molecule has 0 radical (unpaired) electrons. The fourth-order valence-electron chi connectivity index (χ4n) is 2.39. The molecule has 1 N–H and O–H groups in total. The van der Waals surface area contributed by atoms with Crippen LogP contribution in [0.1, 0.15) is 5.56 Å². The first-order chi connectivity index (χ1) is 9.81. The highest BCUT2D eigenvalue weighted by Gasteiger charge is 2.10. The van der Waals surface area contributed by atoms with Gasteiger partial charge in [-0.25, -0.2) is 0 Å². The lowest BCUT2D eigenvalue weighted by molar-refractivity contribution is 0.306. The third-order valence-electron chi connectivity index (χ3n) is 3.48. The average Bonchev–Trinajstić information content (AvgIpc) is 2.92. The maximum absolute atomic E-state index is 5.76. The van der Waals surface area contributed by atoms with Crippen LogP contribution >= 0.6 is 0 Å². The van der Waals surface area contributed by atoms with E-state index < -0.39 is 0 Å². The van der Waals surface area contributed by atoms with E-state index in [1.807, 2.05) is 31.6 Å². The fraction of sp³-hybridized carbons (Fsp3) is 0.400. The van der Waals surface area contributed by atoms with E-state index in [1.165, 1.54) is 5.69 Å². The Labute approximate surface area is 119 Å². The molecule has 0 amide bonds. The molecule has 5 nitrogen and oxygen atoms in total. The minimum atomic E-state index is 0.556. The first kappa shape index (κ1) is 13.0. The van der Waals surface area contributed by atoms with Gasteiger partial charge in [-0.2, -0.15) is 5.10 Å². The highest BCUT2D eigenvalue weighted by atomic mass is 16.5. The lowest BCUT2D eigenvalue weighted by atomic mass is 10.2. The summed E-state index contributed by atoms with van der Waals surface area (Å²) >= 11 is 0. The van der Waals surface area contributed by atoms with Crippen LogP contribution in [0.2, 0.25) is 0 Å². The average molecular weight is 272 g/mol. The fourth-order valence-corrected chi connectivity index (χ4v) is 2.39. The quantitative estimate of drug-likeness (QED) is 0.914. The van der Waals surface area contributed by atoms with Gasteiger partial charge in [-0.3, -0.25) is 4.68 Å². The zero-order chi connectivity index (χ0) is 13.8. The zero-order valence-corrected chi connectivity index (χ0v) is 11.7. The molecule has 2 heterocycles. The number of hydrogen-bond acceptors (Lipinski definition) is 4. The molecule has 106 valence electrons. The van der Waals surface area contributed by atoms with Crippen molar-refractivity contribution in [2.24, 2.45) is 7.05 Å². The Hall–Kier alpha value is -2.01. The van der Waals surface area contributed by atoms with Gasteiger partial charge in [-0.1, -0.05) is 0 Å². The summed E-state index contributed by atoms with van der Waals surface area (Å²) in [5.41, 5.74) is 2.35. The Kier molecular flexibility index (Phi) is 3.87. The molecule has 1 aromatic heterocycles. The first-order valence-corrected chi connectivity index (χ1v) is 6.97. The third kappa shape index (κ3) is 3.11. The Bertz CT molecular complexity index is 543. The molecular weight excluding hydrogens is 252 g/mol. The Morgan fingerprint density at radius 3 is 2.60 bits per heavy atom. The number of anilines is 1. The van der Waals surface area contributed by atoms with Gasteiger partial charge in [0.1, 0.15) is 12.4 Å². The summed E-state index contributed by atoms with van der Waals surface area (Å²) in [6, 6.07) is 8.33. The molecule has 0 atom stereocenters. The van der Waals surface area contributed by atoms with Crippen molar-refractivity contribution in [3.05, 3.63) is 42.2 Å². The molecule has 0 spiro atoms. The number of piperazine rings is 1. The number of aryl methyl sites for hydroxylation is 1. The molecular formula is C15H20N4O. The molecule has 0 bridgehead atoms. The van der Waals surface area contributed by atoms with Crippen molar-refractivity contribution in [3.63, 3.8) is 0 Å². The standard InChI is InChI=1S/C15H20N4O/c1-18-11-13(10-17-18)12-20-15-4-2-14(3-5-15)19-8-6-16-7-9-19/h2-5,10-11,16H,6-9,12H2,1H3. The van der Waals surface area contributed by atoms with E-state index in [9.17, 15) is 0 Å². The van der Waals surface area contributed by atoms with Crippen LogP contribution in [0.5, 0.6) is 5.75 Å². The van der Waals surface area contributed by atoms with E-state index >= 15 is 0 Å². The second kappa shape index (κ2) is 5.96. The molecule has 1 fully saturated rings. The van der Waals surface area contributed by atoms with Gasteiger partial charge in [0.15, 0.2) is 0 Å². The molecule has 0 aliphatic carbocycles. The first-order valence-electron chi connectivity index (χ1n) is 6.97. The van der Waals surface area contributed by atoms with Crippen LogP contribution in [0.25, 0.3) is 0 Å². The number of ether oxygens (including phenoxy) is 1. The smallest absolute Gasteiger partial charge is 0.119 e. The number of benzene rings is 1. The SMILES string of the molecule is Cn1cc(COc2ccc(N3CCNCC3)cc2)cn1. The second-order valence-corrected chi connectivity index (χ2v) is 5.04. The summed E-state index contributed by atoms with van der Waals surface area (Å²) in [5.74, 6) is 0.896. The highest BCUT2D eigenvalue weighted by Crippen LogP contribution is 2.20. The van der Waals surface area contributed by atoms with Crippen LogP contribution < -0.4 is 15.0 Å². The number of hydrogen-bond donors (Lipinski definition) is 1. The monoisotopic (exact) mass is 272 g/mol. The maximum Gasteiger partial charge on any atom is 0.119 e. The van der Waals surface area contributed by atoms with E-state index in [2.05, 4.69) is 27.4 Å². The summed E-state index contributed by atoms with van der Waals surface area (Å²) in [4.78, 5) is 2.39. The van der Waals surface area contributed by atoms with Crippen molar-refractivity contribution in [3.8, 4) is 5.75 Å². The minimum Gasteiger partial charge on any atom is -0.489 e. The molecule has 2 aromatic rings. The highest BCUT2D eigenvalue weighted by molar-refractivity contribution is 5.49. The number of nitrogens with one attached hydrogen (secondary N) is 1. The molecule has 1 aromatic carbocycles. The van der Waals surface area contributed by atoms with Crippen molar-refractivity contribution in [1.82, 2.24) is 15.1 Å². The van der Waals surface area contributed by atoms with Crippen molar-refractivity contribution in [1.29, 1.82) is 0 Å². The lowest BCUT2D eigenvalue weighted by Crippen LogP contribution is -2.43. The third-order valence-corrected chi connectivity index (χ3v) is 3.48. The van der Waals surface area contributed by atoms with Crippen molar-refractivity contribution in [2.45, 2.75) is 6.61 Å². The predicted molar refractivity (Wildman–Crippen MR) is 79.1 cm³/mol. The van der Waals surface area contributed by atoms with E-state index in [0.717, 1.165) is 37.5 Å². The van der Waals surface area contributed by atoms with E-state index in [4.69, 9.17) is 4.74 Å². The maximum atomic E-state index is 5.76. The van der Waals surface area contributed by atoms with Crippen molar-refractivity contribution >= 4 is 5.69 Å². The molecule has 1 saturated heterocycles. The van der Waals surface area contributed by atoms with Gasteiger partial charge in [0.05, 0.1) is 6.20 Å². The van der Waals surface area contributed by atoms with Crippen LogP contribution in [0.3, 0.4) is 0 Å². The van der Waals surface area contributed by atoms with Gasteiger partial charge in [-0.05, 0) is 24.3 Å². The van der Waals surface area contributed by atoms with Crippen molar-refractivity contribution in [2.75, 3.05) is 31.1 Å². The second-order valence-electron chi connectivity index (χ2n) is 5.04. The van der Waals surface area contributed by atoms with Gasteiger partial charge in [0, 0.05) is 50.7 Å². The molecule has 20 heavy (non-hydrogen) atoms. The van der Waals surface area contributed by atoms with Gasteiger partial charge in [-0.15, -0.1) is 0 Å². The van der Waals surface area contributed by atoms with Crippen molar-refractivity contribution < 1.29 is 4.74 Å². The largest absolute Gasteiger partial charge is 0.489 e. The summed E-state index contributed by atoms with van der Waals surface area (Å²) in [5, 5.41) is 7.49. The summed E-state index contributed by atoms with van der Waals surface area (Å²) in [7, 11) is 1.91. The van der Waals surface area contributed by atoms with Crippen LogP contribution in [-0.2, 0) is 13.7 Å². The van der Waals surface area contributed by atoms with Gasteiger partial charge < -0.3 is 15.0 Å². The van der Waals surface area contributed by atoms with E-state index in [0.29, 0.717) is 6.61 Å². The van der Waals surface area contributed by atoms with E-state index in [-0.39, 0.29) is 0 Å². The van der Waals surface area contributed by atoms with E-state index in [1.54, 1.807) is 4.68 Å². The predicted octanol–water partition coefficient (Wildman–Crippen LogP) is 1.41. The molecule has 1 aliphatic rings. The number of nitrogens with zero attached hydrogens (tertiary/aromatic N) is 3. The Morgan fingerprint density at radius 2 is 1.95 bits per heavy atom. The Morgan fingerprint density at radius 1 is 1.20 bits per heavy atom.